The fourth-order valence-corrected chi connectivity index (χ4v) is 2.32. The third-order valence-corrected chi connectivity index (χ3v) is 4.16. The molecule has 1 saturated heterocycles. The van der Waals surface area contributed by atoms with Gasteiger partial charge in [0.2, 0.25) is 0 Å². The van der Waals surface area contributed by atoms with Crippen LogP contribution >= 0.6 is 0 Å². The largest absolute Gasteiger partial charge is 0.295 e. The third kappa shape index (κ3) is 3.79. The second-order valence-corrected chi connectivity index (χ2v) is 5.70. The predicted molar refractivity (Wildman–Crippen MR) is 68.2 cm³/mol. The van der Waals surface area contributed by atoms with Crippen molar-refractivity contribution in [1.29, 1.82) is 0 Å². The summed E-state index contributed by atoms with van der Waals surface area (Å²) in [5.74, 6) is 0.817. The minimum absolute atomic E-state index is 0.545. The lowest BCUT2D eigenvalue weighted by Gasteiger charge is -2.16. The highest BCUT2D eigenvalue weighted by atomic mass is 15.4. The summed E-state index contributed by atoms with van der Waals surface area (Å²) in [4.78, 5) is 2.65. The Morgan fingerprint density at radius 2 is 1.67 bits per heavy atom. The molecule has 0 N–H and O–H groups in total. The number of unbranched alkanes of at least 4 members (excludes halogenated alkanes) is 5. The Bertz CT molecular complexity index is 176. The van der Waals surface area contributed by atoms with Crippen LogP contribution in [-0.4, -0.2) is 23.5 Å². The van der Waals surface area contributed by atoms with Crippen LogP contribution in [0.3, 0.4) is 0 Å². The fourth-order valence-electron chi connectivity index (χ4n) is 2.32. The standard InChI is InChI=1S/C14H29N/c1-5-6-7-8-9-10-11-15-12-14(15,4)13(2)3/h13H,5-12H2,1-4H3/t14-,15?/m1/s1. The molecule has 0 aliphatic carbocycles. The van der Waals surface area contributed by atoms with Crippen molar-refractivity contribution in [3.05, 3.63) is 0 Å². The third-order valence-electron chi connectivity index (χ3n) is 4.16. The zero-order valence-electron chi connectivity index (χ0n) is 11.2. The summed E-state index contributed by atoms with van der Waals surface area (Å²) in [6.45, 7) is 12.1. The lowest BCUT2D eigenvalue weighted by atomic mass is 9.98. The topological polar surface area (TPSA) is 3.01 Å². The number of nitrogens with zero attached hydrogens (tertiary/aromatic N) is 1. The molecular weight excluding hydrogens is 182 g/mol. The molecule has 1 aliphatic heterocycles. The normalized spacial score (nSPS) is 29.8. The van der Waals surface area contributed by atoms with Crippen LogP contribution in [0.2, 0.25) is 0 Å². The first-order valence-corrected chi connectivity index (χ1v) is 6.86. The van der Waals surface area contributed by atoms with Crippen molar-refractivity contribution in [2.24, 2.45) is 5.92 Å². The van der Waals surface area contributed by atoms with Crippen LogP contribution < -0.4 is 0 Å². The molecule has 0 saturated carbocycles. The lowest BCUT2D eigenvalue weighted by Crippen LogP contribution is -2.21. The molecule has 0 bridgehead atoms. The van der Waals surface area contributed by atoms with E-state index in [4.69, 9.17) is 0 Å². The molecule has 1 fully saturated rings. The van der Waals surface area contributed by atoms with Crippen LogP contribution in [0.15, 0.2) is 0 Å². The zero-order chi connectivity index (χ0) is 11.3. The molecular formula is C14H29N. The van der Waals surface area contributed by atoms with Crippen LogP contribution in [0.4, 0.5) is 0 Å². The highest BCUT2D eigenvalue weighted by Crippen LogP contribution is 2.38. The first kappa shape index (κ1) is 13.0. The average molecular weight is 211 g/mol. The highest BCUT2D eigenvalue weighted by molar-refractivity contribution is 5.05. The fraction of sp³-hybridized carbons (Fsp3) is 1.00. The monoisotopic (exact) mass is 211 g/mol. The van der Waals surface area contributed by atoms with Crippen molar-refractivity contribution >= 4 is 0 Å². The Balaban J connectivity index is 1.95. The van der Waals surface area contributed by atoms with Crippen molar-refractivity contribution in [3.63, 3.8) is 0 Å². The predicted octanol–water partition coefficient (Wildman–Crippen LogP) is 4.08. The van der Waals surface area contributed by atoms with E-state index in [1.54, 1.807) is 0 Å². The van der Waals surface area contributed by atoms with E-state index in [-0.39, 0.29) is 0 Å². The van der Waals surface area contributed by atoms with Crippen molar-refractivity contribution in [3.8, 4) is 0 Å². The quantitative estimate of drug-likeness (QED) is 0.432. The smallest absolute Gasteiger partial charge is 0.0332 e. The molecule has 1 heterocycles. The van der Waals surface area contributed by atoms with Crippen LogP contribution in [-0.2, 0) is 0 Å². The minimum atomic E-state index is 0.545. The van der Waals surface area contributed by atoms with Gasteiger partial charge < -0.3 is 0 Å². The first-order valence-electron chi connectivity index (χ1n) is 6.86. The molecule has 1 nitrogen and oxygen atoms in total. The summed E-state index contributed by atoms with van der Waals surface area (Å²) in [5, 5.41) is 0. The van der Waals surface area contributed by atoms with Gasteiger partial charge in [-0.2, -0.15) is 0 Å². The van der Waals surface area contributed by atoms with E-state index in [2.05, 4.69) is 32.6 Å². The van der Waals surface area contributed by atoms with Gasteiger partial charge in [-0.1, -0.05) is 52.9 Å². The van der Waals surface area contributed by atoms with E-state index in [0.717, 1.165) is 5.92 Å². The van der Waals surface area contributed by atoms with Crippen molar-refractivity contribution < 1.29 is 0 Å². The van der Waals surface area contributed by atoms with Crippen molar-refractivity contribution in [2.75, 3.05) is 13.1 Å². The van der Waals surface area contributed by atoms with Gasteiger partial charge in [-0.3, -0.25) is 4.90 Å². The zero-order valence-corrected chi connectivity index (χ0v) is 11.2. The molecule has 0 aromatic heterocycles. The van der Waals surface area contributed by atoms with E-state index in [0.29, 0.717) is 5.54 Å². The molecule has 2 atom stereocenters. The molecule has 1 heteroatoms. The Morgan fingerprint density at radius 3 is 2.20 bits per heavy atom. The van der Waals surface area contributed by atoms with Crippen LogP contribution in [0.5, 0.6) is 0 Å². The van der Waals surface area contributed by atoms with Crippen LogP contribution in [0, 0.1) is 5.92 Å². The van der Waals surface area contributed by atoms with Crippen LogP contribution in [0.25, 0.3) is 0 Å². The summed E-state index contributed by atoms with van der Waals surface area (Å²) < 4.78 is 0. The molecule has 0 aromatic carbocycles. The van der Waals surface area contributed by atoms with E-state index in [1.165, 1.54) is 51.6 Å². The lowest BCUT2D eigenvalue weighted by molar-refractivity contribution is 0.338. The number of hydrogen-bond acceptors (Lipinski definition) is 1. The Labute approximate surface area is 96.2 Å². The summed E-state index contributed by atoms with van der Waals surface area (Å²) in [6.07, 6.45) is 8.51. The molecule has 90 valence electrons. The van der Waals surface area contributed by atoms with Gasteiger partial charge in [-0.25, -0.2) is 0 Å². The minimum Gasteiger partial charge on any atom is -0.295 e. The van der Waals surface area contributed by atoms with Crippen molar-refractivity contribution in [2.45, 2.75) is 71.8 Å². The summed E-state index contributed by atoms with van der Waals surface area (Å²) >= 11 is 0. The van der Waals surface area contributed by atoms with Gasteiger partial charge in [0.1, 0.15) is 0 Å². The SMILES string of the molecule is CCCCCCCCN1C[C@]1(C)C(C)C. The summed E-state index contributed by atoms with van der Waals surface area (Å²) in [7, 11) is 0. The van der Waals surface area contributed by atoms with E-state index >= 15 is 0 Å². The second-order valence-electron chi connectivity index (χ2n) is 5.70. The molecule has 1 rings (SSSR count). The Hall–Kier alpha value is -0.0400. The van der Waals surface area contributed by atoms with Crippen LogP contribution in [0.1, 0.15) is 66.2 Å². The maximum Gasteiger partial charge on any atom is 0.0332 e. The second kappa shape index (κ2) is 5.89. The first-order chi connectivity index (χ1) is 7.11. The van der Waals surface area contributed by atoms with Gasteiger partial charge in [-0.15, -0.1) is 0 Å². The molecule has 0 aromatic rings. The maximum atomic E-state index is 2.65. The molecule has 1 aliphatic rings. The van der Waals surface area contributed by atoms with Gasteiger partial charge >= 0.3 is 0 Å². The van der Waals surface area contributed by atoms with Gasteiger partial charge in [-0.05, 0) is 25.8 Å². The van der Waals surface area contributed by atoms with E-state index in [1.807, 2.05) is 0 Å². The van der Waals surface area contributed by atoms with Gasteiger partial charge in [0.15, 0.2) is 0 Å². The summed E-state index contributed by atoms with van der Waals surface area (Å²) in [6, 6.07) is 0. The average Bonchev–Trinajstić information content (AvgIpc) is 2.85. The maximum absolute atomic E-state index is 2.65. The van der Waals surface area contributed by atoms with E-state index in [9.17, 15) is 0 Å². The summed E-state index contributed by atoms with van der Waals surface area (Å²) in [5.41, 5.74) is 0.545. The number of rotatable bonds is 8. The molecule has 0 spiro atoms. The van der Waals surface area contributed by atoms with Crippen molar-refractivity contribution in [1.82, 2.24) is 4.90 Å². The van der Waals surface area contributed by atoms with Gasteiger partial charge in [0, 0.05) is 12.1 Å². The van der Waals surface area contributed by atoms with Gasteiger partial charge in [0.25, 0.3) is 0 Å². The molecule has 1 unspecified atom stereocenters. The molecule has 0 amide bonds. The number of hydrogen-bond donors (Lipinski definition) is 0. The van der Waals surface area contributed by atoms with Gasteiger partial charge in [0.05, 0.1) is 0 Å². The van der Waals surface area contributed by atoms with E-state index < -0.39 is 0 Å². The highest BCUT2D eigenvalue weighted by Gasteiger charge is 2.48. The molecule has 15 heavy (non-hydrogen) atoms. The Morgan fingerprint density at radius 1 is 1.07 bits per heavy atom. The Kier molecular flexibility index (Phi) is 5.11. The molecule has 0 radical (unpaired) electrons.